The van der Waals surface area contributed by atoms with Crippen LogP contribution in [0.3, 0.4) is 0 Å². The van der Waals surface area contributed by atoms with Crippen LogP contribution in [0, 0.1) is 5.82 Å². The number of hydrogen-bond acceptors (Lipinski definition) is 3. The molecule has 0 fully saturated rings. The highest BCUT2D eigenvalue weighted by Gasteiger charge is 2.20. The van der Waals surface area contributed by atoms with Crippen LogP contribution in [-0.2, 0) is 20.9 Å². The first-order valence-electron chi connectivity index (χ1n) is 7.83. The van der Waals surface area contributed by atoms with Gasteiger partial charge in [-0.3, -0.25) is 9.59 Å². The molecule has 1 amide bonds. The van der Waals surface area contributed by atoms with Gasteiger partial charge in [-0.15, -0.1) is 0 Å². The normalized spacial score (nSPS) is 11.6. The average Bonchev–Trinajstić information content (AvgIpc) is 2.61. The summed E-state index contributed by atoms with van der Waals surface area (Å²) in [5, 5.41) is 2.54. The smallest absolute Gasteiger partial charge is 0.313 e. The third-order valence-electron chi connectivity index (χ3n) is 3.67. The van der Waals surface area contributed by atoms with Gasteiger partial charge in [0.15, 0.2) is 6.61 Å². The number of esters is 1. The van der Waals surface area contributed by atoms with Crippen molar-refractivity contribution in [2.24, 2.45) is 0 Å². The van der Waals surface area contributed by atoms with E-state index in [1.807, 2.05) is 37.3 Å². The summed E-state index contributed by atoms with van der Waals surface area (Å²) in [7, 11) is 0. The average molecular weight is 329 g/mol. The van der Waals surface area contributed by atoms with Gasteiger partial charge in [0.25, 0.3) is 5.91 Å². The van der Waals surface area contributed by atoms with E-state index in [2.05, 4.69) is 5.32 Å². The molecule has 0 aliphatic heterocycles. The van der Waals surface area contributed by atoms with Crippen LogP contribution in [-0.4, -0.2) is 18.5 Å². The second-order valence-electron chi connectivity index (χ2n) is 5.35. The van der Waals surface area contributed by atoms with Crippen molar-refractivity contribution < 1.29 is 18.7 Å². The Morgan fingerprint density at radius 2 is 1.75 bits per heavy atom. The molecule has 126 valence electrons. The van der Waals surface area contributed by atoms with E-state index in [9.17, 15) is 14.0 Å². The molecule has 24 heavy (non-hydrogen) atoms. The van der Waals surface area contributed by atoms with Crippen molar-refractivity contribution in [2.45, 2.75) is 25.8 Å². The summed E-state index contributed by atoms with van der Waals surface area (Å²) in [6, 6.07) is 15.5. The molecule has 2 aromatic carbocycles. The summed E-state index contributed by atoms with van der Waals surface area (Å²) >= 11 is 0. The molecule has 0 aliphatic rings. The molecular weight excluding hydrogens is 309 g/mol. The van der Waals surface area contributed by atoms with E-state index in [1.54, 1.807) is 18.2 Å². The molecule has 0 spiro atoms. The first-order chi connectivity index (χ1) is 11.6. The molecular formula is C19H20FNO3. The second kappa shape index (κ2) is 8.82. The molecule has 2 aromatic rings. The highest BCUT2D eigenvalue weighted by molar-refractivity contribution is 5.83. The highest BCUT2D eigenvalue weighted by Crippen LogP contribution is 2.20. The van der Waals surface area contributed by atoms with Gasteiger partial charge in [0.05, 0.1) is 5.92 Å². The van der Waals surface area contributed by atoms with E-state index in [0.29, 0.717) is 12.0 Å². The second-order valence-corrected chi connectivity index (χ2v) is 5.35. The maximum atomic E-state index is 13.5. The number of amides is 1. The SMILES string of the molecule is CC[C@@H](C(=O)OCC(=O)NCc1ccccc1F)c1ccccc1. The van der Waals surface area contributed by atoms with Crippen LogP contribution in [0.4, 0.5) is 4.39 Å². The van der Waals surface area contributed by atoms with Gasteiger partial charge in [-0.1, -0.05) is 55.5 Å². The third kappa shape index (κ3) is 4.91. The number of benzene rings is 2. The van der Waals surface area contributed by atoms with Crippen LogP contribution in [0.5, 0.6) is 0 Å². The summed E-state index contributed by atoms with van der Waals surface area (Å²) in [6.07, 6.45) is 0.583. The molecule has 2 rings (SSSR count). The minimum Gasteiger partial charge on any atom is -0.455 e. The lowest BCUT2D eigenvalue weighted by Gasteiger charge is -2.14. The van der Waals surface area contributed by atoms with E-state index in [-0.39, 0.29) is 19.0 Å². The Balaban J connectivity index is 1.82. The molecule has 0 saturated carbocycles. The monoisotopic (exact) mass is 329 g/mol. The fraction of sp³-hybridized carbons (Fsp3) is 0.263. The van der Waals surface area contributed by atoms with Crippen LogP contribution >= 0.6 is 0 Å². The van der Waals surface area contributed by atoms with E-state index in [0.717, 1.165) is 5.56 Å². The lowest BCUT2D eigenvalue weighted by atomic mass is 9.97. The Morgan fingerprint density at radius 3 is 2.42 bits per heavy atom. The standard InChI is InChI=1S/C19H20FNO3/c1-2-16(14-8-4-3-5-9-14)19(23)24-13-18(22)21-12-15-10-6-7-11-17(15)20/h3-11,16H,2,12-13H2,1H3,(H,21,22)/t16-/m1/s1. The zero-order chi connectivity index (χ0) is 17.4. The quantitative estimate of drug-likeness (QED) is 0.794. The molecule has 1 atom stereocenters. The Labute approximate surface area is 140 Å². The summed E-state index contributed by atoms with van der Waals surface area (Å²) < 4.78 is 18.5. The molecule has 0 heterocycles. The number of carbonyl (C=O) groups excluding carboxylic acids is 2. The molecule has 0 saturated heterocycles. The molecule has 0 unspecified atom stereocenters. The molecule has 0 bridgehead atoms. The van der Waals surface area contributed by atoms with Crippen molar-refractivity contribution in [1.29, 1.82) is 0 Å². The topological polar surface area (TPSA) is 55.4 Å². The molecule has 4 nitrogen and oxygen atoms in total. The van der Waals surface area contributed by atoms with Crippen LogP contribution < -0.4 is 5.32 Å². The van der Waals surface area contributed by atoms with Gasteiger partial charge in [0.1, 0.15) is 5.82 Å². The lowest BCUT2D eigenvalue weighted by Crippen LogP contribution is -2.29. The van der Waals surface area contributed by atoms with E-state index < -0.39 is 17.8 Å². The van der Waals surface area contributed by atoms with Gasteiger partial charge in [0.2, 0.25) is 0 Å². The number of ether oxygens (including phenoxy) is 1. The third-order valence-corrected chi connectivity index (χ3v) is 3.67. The Bertz CT molecular complexity index is 688. The van der Waals surface area contributed by atoms with Crippen LogP contribution in [0.2, 0.25) is 0 Å². The van der Waals surface area contributed by atoms with Crippen molar-refractivity contribution in [3.8, 4) is 0 Å². The fourth-order valence-electron chi connectivity index (χ4n) is 2.35. The number of carbonyl (C=O) groups is 2. The summed E-state index contributed by atoms with van der Waals surface area (Å²) in [6.45, 7) is 1.56. The van der Waals surface area contributed by atoms with Crippen LogP contribution in [0.15, 0.2) is 54.6 Å². The molecule has 0 aromatic heterocycles. The van der Waals surface area contributed by atoms with Gasteiger partial charge in [0, 0.05) is 12.1 Å². The Hall–Kier alpha value is -2.69. The first-order valence-corrected chi connectivity index (χ1v) is 7.83. The van der Waals surface area contributed by atoms with Crippen LogP contribution in [0.25, 0.3) is 0 Å². The lowest BCUT2D eigenvalue weighted by molar-refractivity contribution is -0.150. The number of nitrogens with one attached hydrogen (secondary N) is 1. The maximum Gasteiger partial charge on any atom is 0.313 e. The number of rotatable bonds is 7. The van der Waals surface area contributed by atoms with Gasteiger partial charge < -0.3 is 10.1 Å². The van der Waals surface area contributed by atoms with Gasteiger partial charge in [-0.25, -0.2) is 4.39 Å². The van der Waals surface area contributed by atoms with Crippen molar-refractivity contribution in [3.05, 3.63) is 71.5 Å². The van der Waals surface area contributed by atoms with Crippen molar-refractivity contribution in [1.82, 2.24) is 5.32 Å². The number of hydrogen-bond donors (Lipinski definition) is 1. The van der Waals surface area contributed by atoms with Crippen molar-refractivity contribution >= 4 is 11.9 Å². The highest BCUT2D eigenvalue weighted by atomic mass is 19.1. The molecule has 0 aliphatic carbocycles. The zero-order valence-electron chi connectivity index (χ0n) is 13.5. The molecule has 5 heteroatoms. The predicted octanol–water partition coefficient (Wildman–Crippen LogP) is 3.18. The van der Waals surface area contributed by atoms with Crippen molar-refractivity contribution in [2.75, 3.05) is 6.61 Å². The Morgan fingerprint density at radius 1 is 1.08 bits per heavy atom. The molecule has 1 N–H and O–H groups in total. The van der Waals surface area contributed by atoms with Gasteiger partial charge in [-0.05, 0) is 18.1 Å². The zero-order valence-corrected chi connectivity index (χ0v) is 13.5. The summed E-state index contributed by atoms with van der Waals surface area (Å²) in [4.78, 5) is 23.9. The summed E-state index contributed by atoms with van der Waals surface area (Å²) in [5.74, 6) is -1.69. The van der Waals surface area contributed by atoms with Gasteiger partial charge >= 0.3 is 5.97 Å². The van der Waals surface area contributed by atoms with Gasteiger partial charge in [-0.2, -0.15) is 0 Å². The van der Waals surface area contributed by atoms with E-state index in [1.165, 1.54) is 6.07 Å². The first kappa shape index (κ1) is 17.7. The maximum absolute atomic E-state index is 13.5. The van der Waals surface area contributed by atoms with E-state index in [4.69, 9.17) is 4.74 Å². The fourth-order valence-corrected chi connectivity index (χ4v) is 2.35. The Kier molecular flexibility index (Phi) is 6.49. The minimum absolute atomic E-state index is 0.0545. The minimum atomic E-state index is -0.463. The van der Waals surface area contributed by atoms with Crippen molar-refractivity contribution in [3.63, 3.8) is 0 Å². The number of halogens is 1. The summed E-state index contributed by atoms with van der Waals surface area (Å²) in [5.41, 5.74) is 1.24. The molecule has 0 radical (unpaired) electrons. The largest absolute Gasteiger partial charge is 0.455 e. The van der Waals surface area contributed by atoms with Crippen LogP contribution in [0.1, 0.15) is 30.4 Å². The predicted molar refractivity (Wildman–Crippen MR) is 88.7 cm³/mol. The van der Waals surface area contributed by atoms with E-state index >= 15 is 0 Å².